The molecular weight excluding hydrogens is 324 g/mol. The molecule has 2 rings (SSSR count). The lowest BCUT2D eigenvalue weighted by Gasteiger charge is -2.22. The van der Waals surface area contributed by atoms with Crippen molar-refractivity contribution < 1.29 is 13.2 Å². The minimum Gasteiger partial charge on any atom is -0.338 e. The molecule has 1 saturated heterocycles. The fourth-order valence-corrected chi connectivity index (χ4v) is 4.46. The van der Waals surface area contributed by atoms with Gasteiger partial charge in [0.25, 0.3) is 0 Å². The van der Waals surface area contributed by atoms with Gasteiger partial charge in [0.15, 0.2) is 9.84 Å². The number of carbonyl (C=O) groups is 1. The molecule has 22 heavy (non-hydrogen) atoms. The van der Waals surface area contributed by atoms with Gasteiger partial charge in [0.1, 0.15) is 0 Å². The Labute approximate surface area is 136 Å². The topological polar surface area (TPSA) is 66.5 Å². The number of nitrogens with one attached hydrogen (secondary N) is 1. The third-order valence-corrected chi connectivity index (χ3v) is 5.91. The van der Waals surface area contributed by atoms with Gasteiger partial charge in [-0.1, -0.05) is 36.7 Å². The van der Waals surface area contributed by atoms with E-state index in [0.717, 1.165) is 5.56 Å². The van der Waals surface area contributed by atoms with Crippen LogP contribution >= 0.6 is 11.6 Å². The first-order chi connectivity index (χ1) is 10.4. The molecule has 0 spiro atoms. The molecule has 2 amide bonds. The number of amides is 2. The zero-order valence-corrected chi connectivity index (χ0v) is 14.2. The quantitative estimate of drug-likeness (QED) is 0.911. The van der Waals surface area contributed by atoms with Crippen LogP contribution < -0.4 is 5.32 Å². The highest BCUT2D eigenvalue weighted by molar-refractivity contribution is 7.91. The van der Waals surface area contributed by atoms with Crippen molar-refractivity contribution in [3.05, 3.63) is 34.9 Å². The molecule has 122 valence electrons. The van der Waals surface area contributed by atoms with Gasteiger partial charge < -0.3 is 10.2 Å². The minimum atomic E-state index is -3.04. The van der Waals surface area contributed by atoms with Crippen LogP contribution in [0.5, 0.6) is 0 Å². The predicted octanol–water partition coefficient (Wildman–Crippen LogP) is 1.96. The molecule has 0 aromatic heterocycles. The molecule has 0 unspecified atom stereocenters. The van der Waals surface area contributed by atoms with E-state index in [2.05, 4.69) is 5.32 Å². The van der Waals surface area contributed by atoms with Crippen LogP contribution in [0.3, 0.4) is 0 Å². The van der Waals surface area contributed by atoms with Crippen molar-refractivity contribution in [1.82, 2.24) is 10.2 Å². The zero-order chi connectivity index (χ0) is 16.2. The second-order valence-electron chi connectivity index (χ2n) is 5.74. The molecule has 1 aromatic rings. The lowest BCUT2D eigenvalue weighted by atomic mass is 10.1. The first-order valence-corrected chi connectivity index (χ1v) is 9.54. The van der Waals surface area contributed by atoms with Crippen LogP contribution in [-0.4, -0.2) is 50.5 Å². The summed E-state index contributed by atoms with van der Waals surface area (Å²) in [6.45, 7) is 3.05. The van der Waals surface area contributed by atoms with Gasteiger partial charge in [-0.05, 0) is 24.0 Å². The number of rotatable bonds is 3. The van der Waals surface area contributed by atoms with Crippen molar-refractivity contribution in [3.8, 4) is 0 Å². The fourth-order valence-electron chi connectivity index (χ4n) is 2.59. The summed E-state index contributed by atoms with van der Waals surface area (Å²) >= 11 is 6.07. The SMILES string of the molecule is C[C@H]1CN(C(=O)NCCc2ccccc2Cl)CCS(=O)(=O)C1. The first kappa shape index (κ1) is 17.1. The molecular formula is C15H21ClN2O3S. The molecule has 5 nitrogen and oxygen atoms in total. The van der Waals surface area contributed by atoms with E-state index in [0.29, 0.717) is 24.5 Å². The van der Waals surface area contributed by atoms with Crippen LogP contribution in [0.1, 0.15) is 12.5 Å². The van der Waals surface area contributed by atoms with Gasteiger partial charge >= 0.3 is 6.03 Å². The Kier molecular flexibility index (Phi) is 5.69. The number of carbonyl (C=O) groups excluding carboxylic acids is 1. The Bertz CT molecular complexity index is 633. The molecule has 0 saturated carbocycles. The van der Waals surface area contributed by atoms with E-state index in [4.69, 9.17) is 11.6 Å². The van der Waals surface area contributed by atoms with Crippen molar-refractivity contribution in [2.24, 2.45) is 5.92 Å². The number of nitrogens with zero attached hydrogens (tertiary/aromatic N) is 1. The Morgan fingerprint density at radius 3 is 2.86 bits per heavy atom. The highest BCUT2D eigenvalue weighted by atomic mass is 35.5. The van der Waals surface area contributed by atoms with Crippen LogP contribution in [0, 0.1) is 5.92 Å². The monoisotopic (exact) mass is 344 g/mol. The lowest BCUT2D eigenvalue weighted by molar-refractivity contribution is 0.196. The molecule has 1 aliphatic heterocycles. The third kappa shape index (κ3) is 4.88. The Morgan fingerprint density at radius 2 is 2.14 bits per heavy atom. The van der Waals surface area contributed by atoms with Crippen LogP contribution in [0.25, 0.3) is 0 Å². The number of halogens is 1. The van der Waals surface area contributed by atoms with E-state index >= 15 is 0 Å². The van der Waals surface area contributed by atoms with Gasteiger partial charge in [-0.3, -0.25) is 0 Å². The van der Waals surface area contributed by atoms with Crippen molar-refractivity contribution in [2.45, 2.75) is 13.3 Å². The van der Waals surface area contributed by atoms with Gasteiger partial charge in [0, 0.05) is 24.7 Å². The molecule has 1 fully saturated rings. The maximum atomic E-state index is 12.2. The van der Waals surface area contributed by atoms with E-state index in [1.54, 1.807) is 4.90 Å². The number of sulfone groups is 1. The molecule has 7 heteroatoms. The molecule has 0 bridgehead atoms. The van der Waals surface area contributed by atoms with Crippen molar-refractivity contribution in [3.63, 3.8) is 0 Å². The second-order valence-corrected chi connectivity index (χ2v) is 8.37. The molecule has 1 atom stereocenters. The summed E-state index contributed by atoms with van der Waals surface area (Å²) in [6.07, 6.45) is 0.646. The molecule has 1 aliphatic rings. The average molecular weight is 345 g/mol. The molecule has 0 aliphatic carbocycles. The summed E-state index contributed by atoms with van der Waals surface area (Å²) in [7, 11) is -3.04. The minimum absolute atomic E-state index is 0.0370. The van der Waals surface area contributed by atoms with Crippen LogP contribution in [0.4, 0.5) is 4.79 Å². The van der Waals surface area contributed by atoms with Crippen molar-refractivity contribution in [1.29, 1.82) is 0 Å². The highest BCUT2D eigenvalue weighted by Gasteiger charge is 2.26. The molecule has 1 heterocycles. The summed E-state index contributed by atoms with van der Waals surface area (Å²) in [5, 5.41) is 3.52. The predicted molar refractivity (Wildman–Crippen MR) is 87.9 cm³/mol. The Morgan fingerprint density at radius 1 is 1.41 bits per heavy atom. The summed E-state index contributed by atoms with van der Waals surface area (Å²) in [5.41, 5.74) is 0.983. The van der Waals surface area contributed by atoms with E-state index in [-0.39, 0.29) is 30.0 Å². The molecule has 0 radical (unpaired) electrons. The maximum absolute atomic E-state index is 12.2. The van der Waals surface area contributed by atoms with Crippen LogP contribution in [0.15, 0.2) is 24.3 Å². The van der Waals surface area contributed by atoms with E-state index in [1.165, 1.54) is 0 Å². The second kappa shape index (κ2) is 7.33. The smallest absolute Gasteiger partial charge is 0.317 e. The van der Waals surface area contributed by atoms with Crippen molar-refractivity contribution >= 4 is 27.5 Å². The van der Waals surface area contributed by atoms with Gasteiger partial charge in [0.05, 0.1) is 11.5 Å². The van der Waals surface area contributed by atoms with E-state index < -0.39 is 9.84 Å². The van der Waals surface area contributed by atoms with Gasteiger partial charge in [0.2, 0.25) is 0 Å². The largest absolute Gasteiger partial charge is 0.338 e. The first-order valence-electron chi connectivity index (χ1n) is 7.34. The normalized spacial score (nSPS) is 21.2. The summed E-state index contributed by atoms with van der Waals surface area (Å²) in [6, 6.07) is 7.30. The van der Waals surface area contributed by atoms with Crippen molar-refractivity contribution in [2.75, 3.05) is 31.1 Å². The molecule has 1 aromatic carbocycles. The summed E-state index contributed by atoms with van der Waals surface area (Å²) in [4.78, 5) is 13.8. The van der Waals surface area contributed by atoms with Crippen LogP contribution in [-0.2, 0) is 16.3 Å². The van der Waals surface area contributed by atoms with Gasteiger partial charge in [-0.2, -0.15) is 0 Å². The highest BCUT2D eigenvalue weighted by Crippen LogP contribution is 2.15. The van der Waals surface area contributed by atoms with Gasteiger partial charge in [-0.15, -0.1) is 0 Å². The molecule has 1 N–H and O–H groups in total. The number of hydrogen-bond acceptors (Lipinski definition) is 3. The maximum Gasteiger partial charge on any atom is 0.317 e. The number of benzene rings is 1. The Hall–Kier alpha value is -1.27. The fraction of sp³-hybridized carbons (Fsp3) is 0.533. The lowest BCUT2D eigenvalue weighted by Crippen LogP contribution is -2.43. The van der Waals surface area contributed by atoms with Crippen LogP contribution in [0.2, 0.25) is 5.02 Å². The summed E-state index contributed by atoms with van der Waals surface area (Å²) < 4.78 is 23.4. The average Bonchev–Trinajstić information content (AvgIpc) is 2.58. The standard InChI is InChI=1S/C15H21ClN2O3S/c1-12-10-18(8-9-22(20,21)11-12)15(19)17-7-6-13-4-2-3-5-14(13)16/h2-5,12H,6-11H2,1H3,(H,17,19)/t12-/m0/s1. The van der Waals surface area contributed by atoms with Gasteiger partial charge in [-0.25, -0.2) is 13.2 Å². The summed E-state index contributed by atoms with van der Waals surface area (Å²) in [5.74, 6) is 0.146. The number of hydrogen-bond donors (Lipinski definition) is 1. The van der Waals surface area contributed by atoms with E-state index in [1.807, 2.05) is 31.2 Å². The third-order valence-electron chi connectivity index (χ3n) is 3.66. The number of urea groups is 1. The zero-order valence-electron chi connectivity index (χ0n) is 12.6. The Balaban J connectivity index is 1.86. The van der Waals surface area contributed by atoms with E-state index in [9.17, 15) is 13.2 Å².